The SMILES string of the molecule is CCCCCCc1c(F)csc1[Si](C)(C)C. The third kappa shape index (κ3) is 3.70. The molecular formula is C13H23FSSi. The van der Waals surface area contributed by atoms with Crippen LogP contribution in [0.5, 0.6) is 0 Å². The zero-order valence-electron chi connectivity index (χ0n) is 10.9. The van der Waals surface area contributed by atoms with Crippen molar-refractivity contribution in [2.75, 3.05) is 0 Å². The molecule has 0 unspecified atom stereocenters. The van der Waals surface area contributed by atoms with Crippen LogP contribution in [0, 0.1) is 5.82 Å². The first-order valence-corrected chi connectivity index (χ1v) is 10.6. The molecular weight excluding hydrogens is 235 g/mol. The van der Waals surface area contributed by atoms with Crippen LogP contribution in [-0.2, 0) is 6.42 Å². The number of thiophene rings is 1. The second-order valence-corrected chi connectivity index (χ2v) is 11.7. The van der Waals surface area contributed by atoms with E-state index in [4.69, 9.17) is 0 Å². The average molecular weight is 258 g/mol. The highest BCUT2D eigenvalue weighted by Gasteiger charge is 2.24. The van der Waals surface area contributed by atoms with Crippen molar-refractivity contribution in [3.63, 3.8) is 0 Å². The van der Waals surface area contributed by atoms with Gasteiger partial charge in [-0.2, -0.15) is 11.3 Å². The van der Waals surface area contributed by atoms with Crippen LogP contribution in [0.3, 0.4) is 0 Å². The summed E-state index contributed by atoms with van der Waals surface area (Å²) in [6.07, 6.45) is 5.83. The summed E-state index contributed by atoms with van der Waals surface area (Å²) >= 11 is 1.63. The van der Waals surface area contributed by atoms with Gasteiger partial charge in [0, 0.05) is 5.38 Å². The molecule has 0 spiro atoms. The molecule has 1 rings (SSSR count). The van der Waals surface area contributed by atoms with E-state index in [1.807, 2.05) is 0 Å². The summed E-state index contributed by atoms with van der Waals surface area (Å²) in [7, 11) is -1.35. The van der Waals surface area contributed by atoms with Gasteiger partial charge in [0.2, 0.25) is 0 Å². The van der Waals surface area contributed by atoms with Crippen molar-refractivity contribution in [1.29, 1.82) is 0 Å². The lowest BCUT2D eigenvalue weighted by molar-refractivity contribution is 0.601. The molecule has 1 aromatic rings. The Morgan fingerprint density at radius 1 is 1.19 bits per heavy atom. The molecule has 0 aromatic carbocycles. The monoisotopic (exact) mass is 258 g/mol. The number of unbranched alkanes of at least 4 members (excludes halogenated alkanes) is 3. The summed E-state index contributed by atoms with van der Waals surface area (Å²) in [6.45, 7) is 9.11. The van der Waals surface area contributed by atoms with Crippen LogP contribution in [0.4, 0.5) is 4.39 Å². The summed E-state index contributed by atoms with van der Waals surface area (Å²) in [6, 6.07) is 0. The van der Waals surface area contributed by atoms with E-state index in [0.717, 1.165) is 18.4 Å². The van der Waals surface area contributed by atoms with Crippen molar-refractivity contribution in [2.45, 2.75) is 58.7 Å². The van der Waals surface area contributed by atoms with Crippen molar-refractivity contribution in [3.8, 4) is 0 Å². The van der Waals surface area contributed by atoms with Crippen LogP contribution in [0.1, 0.15) is 38.2 Å². The minimum atomic E-state index is -1.35. The van der Waals surface area contributed by atoms with Gasteiger partial charge in [-0.1, -0.05) is 45.8 Å². The molecule has 0 saturated carbocycles. The molecule has 0 aliphatic heterocycles. The zero-order valence-corrected chi connectivity index (χ0v) is 12.7. The Morgan fingerprint density at radius 3 is 2.44 bits per heavy atom. The van der Waals surface area contributed by atoms with Gasteiger partial charge in [0.1, 0.15) is 5.82 Å². The van der Waals surface area contributed by atoms with Crippen molar-refractivity contribution in [3.05, 3.63) is 16.8 Å². The van der Waals surface area contributed by atoms with E-state index in [9.17, 15) is 4.39 Å². The van der Waals surface area contributed by atoms with E-state index >= 15 is 0 Å². The van der Waals surface area contributed by atoms with Crippen molar-refractivity contribution >= 4 is 23.9 Å². The molecule has 0 radical (unpaired) electrons. The Bertz CT molecular complexity index is 325. The van der Waals surface area contributed by atoms with Crippen molar-refractivity contribution in [2.24, 2.45) is 0 Å². The summed E-state index contributed by atoms with van der Waals surface area (Å²) in [4.78, 5) is 0. The Labute approximate surface area is 104 Å². The molecule has 1 aromatic heterocycles. The standard InChI is InChI=1S/C13H23FSSi/c1-5-6-7-8-9-11-12(14)10-15-13(11)16(2,3)4/h10H,5-9H2,1-4H3. The first-order chi connectivity index (χ1) is 7.46. The van der Waals surface area contributed by atoms with Crippen molar-refractivity contribution in [1.82, 2.24) is 0 Å². The number of halogens is 1. The maximum Gasteiger partial charge on any atom is 0.136 e. The zero-order chi connectivity index (χ0) is 12.2. The van der Waals surface area contributed by atoms with Crippen LogP contribution in [0.2, 0.25) is 19.6 Å². The first kappa shape index (κ1) is 13.9. The number of rotatable bonds is 6. The lowest BCUT2D eigenvalue weighted by atomic mass is 10.1. The fourth-order valence-corrected chi connectivity index (χ4v) is 5.40. The highest BCUT2D eigenvalue weighted by Crippen LogP contribution is 2.19. The van der Waals surface area contributed by atoms with Crippen LogP contribution in [-0.4, -0.2) is 8.07 Å². The van der Waals surface area contributed by atoms with E-state index in [1.54, 1.807) is 16.7 Å². The molecule has 0 N–H and O–H groups in total. The van der Waals surface area contributed by atoms with E-state index in [2.05, 4.69) is 26.6 Å². The normalized spacial score (nSPS) is 12.1. The second kappa shape index (κ2) is 5.96. The summed E-state index contributed by atoms with van der Waals surface area (Å²) in [5, 5.41) is 1.70. The van der Waals surface area contributed by atoms with E-state index in [0.29, 0.717) is 0 Å². The van der Waals surface area contributed by atoms with Gasteiger partial charge in [-0.15, -0.1) is 0 Å². The second-order valence-electron chi connectivity index (χ2n) is 5.45. The molecule has 0 fully saturated rings. The molecule has 0 aliphatic carbocycles. The van der Waals surface area contributed by atoms with Crippen LogP contribution < -0.4 is 4.50 Å². The number of hydrogen-bond acceptors (Lipinski definition) is 1. The quantitative estimate of drug-likeness (QED) is 0.518. The predicted octanol–water partition coefficient (Wildman–Crippen LogP) is 4.56. The average Bonchev–Trinajstić information content (AvgIpc) is 2.54. The molecule has 0 atom stereocenters. The minimum Gasteiger partial charge on any atom is -0.206 e. The van der Waals surface area contributed by atoms with Gasteiger partial charge in [0.15, 0.2) is 0 Å². The largest absolute Gasteiger partial charge is 0.206 e. The molecule has 0 amide bonds. The lowest BCUT2D eigenvalue weighted by Crippen LogP contribution is -2.37. The summed E-state index contributed by atoms with van der Waals surface area (Å²) in [5.41, 5.74) is 1.03. The fraction of sp³-hybridized carbons (Fsp3) is 0.692. The minimum absolute atomic E-state index is 0.0407. The number of hydrogen-bond donors (Lipinski definition) is 0. The smallest absolute Gasteiger partial charge is 0.136 e. The molecule has 3 heteroatoms. The topological polar surface area (TPSA) is 0 Å². The lowest BCUT2D eigenvalue weighted by Gasteiger charge is -2.16. The summed E-state index contributed by atoms with van der Waals surface area (Å²) < 4.78 is 15.0. The summed E-state index contributed by atoms with van der Waals surface area (Å²) in [5.74, 6) is 0.0407. The van der Waals surface area contributed by atoms with Gasteiger partial charge in [-0.3, -0.25) is 0 Å². The Morgan fingerprint density at radius 2 is 1.88 bits per heavy atom. The fourth-order valence-electron chi connectivity index (χ4n) is 1.95. The van der Waals surface area contributed by atoms with E-state index < -0.39 is 8.07 Å². The van der Waals surface area contributed by atoms with Crippen LogP contribution >= 0.6 is 11.3 Å². The third-order valence-electron chi connectivity index (χ3n) is 2.80. The van der Waals surface area contributed by atoms with E-state index in [-0.39, 0.29) is 5.82 Å². The van der Waals surface area contributed by atoms with Gasteiger partial charge in [-0.25, -0.2) is 4.39 Å². The molecule has 0 saturated heterocycles. The maximum atomic E-state index is 13.7. The molecule has 92 valence electrons. The van der Waals surface area contributed by atoms with Gasteiger partial charge in [0.25, 0.3) is 0 Å². The van der Waals surface area contributed by atoms with Crippen LogP contribution in [0.15, 0.2) is 5.38 Å². The molecule has 1 heterocycles. The Kier molecular flexibility index (Phi) is 5.19. The van der Waals surface area contributed by atoms with Crippen LogP contribution in [0.25, 0.3) is 0 Å². The molecule has 0 nitrogen and oxygen atoms in total. The third-order valence-corrected chi connectivity index (χ3v) is 7.47. The molecule has 0 bridgehead atoms. The first-order valence-electron chi connectivity index (χ1n) is 6.23. The van der Waals surface area contributed by atoms with Gasteiger partial charge in [-0.05, 0) is 22.9 Å². The van der Waals surface area contributed by atoms with Gasteiger partial charge >= 0.3 is 0 Å². The van der Waals surface area contributed by atoms with Gasteiger partial charge < -0.3 is 0 Å². The molecule has 0 aliphatic rings. The predicted molar refractivity (Wildman–Crippen MR) is 75.1 cm³/mol. The van der Waals surface area contributed by atoms with E-state index in [1.165, 1.54) is 23.8 Å². The highest BCUT2D eigenvalue weighted by atomic mass is 32.1. The molecule has 16 heavy (non-hydrogen) atoms. The maximum absolute atomic E-state index is 13.7. The Hall–Kier alpha value is -0.153. The van der Waals surface area contributed by atoms with Gasteiger partial charge in [0.05, 0.1) is 8.07 Å². The van der Waals surface area contributed by atoms with Crippen molar-refractivity contribution < 1.29 is 4.39 Å². The highest BCUT2D eigenvalue weighted by molar-refractivity contribution is 7.25. The Balaban J connectivity index is 2.67.